The Balaban J connectivity index is 0.00000676. The van der Waals surface area contributed by atoms with Crippen molar-refractivity contribution in [3.63, 3.8) is 0 Å². The zero-order valence-electron chi connectivity index (χ0n) is 17.8. The number of alkyl carbamates (subject to hydrolysis) is 1. The molecule has 1 atom stereocenters. The van der Waals surface area contributed by atoms with Gasteiger partial charge in [-0.3, -0.25) is 4.99 Å². The number of ether oxygens (including phenoxy) is 1. The Hall–Kier alpha value is -0.770. The van der Waals surface area contributed by atoms with E-state index in [0.717, 1.165) is 45.1 Å². The van der Waals surface area contributed by atoms with Crippen molar-refractivity contribution in [1.29, 1.82) is 0 Å². The molecule has 27 heavy (non-hydrogen) atoms. The van der Waals surface area contributed by atoms with Crippen LogP contribution in [0.3, 0.4) is 0 Å². The molecule has 0 aromatic heterocycles. The summed E-state index contributed by atoms with van der Waals surface area (Å²) in [4.78, 5) is 18.8. The van der Waals surface area contributed by atoms with Gasteiger partial charge in [-0.1, -0.05) is 6.92 Å². The molecule has 1 amide bonds. The van der Waals surface area contributed by atoms with Crippen molar-refractivity contribution in [3.05, 3.63) is 0 Å². The topological polar surface area (TPSA) is 78.0 Å². The van der Waals surface area contributed by atoms with Gasteiger partial charge in [0.1, 0.15) is 5.60 Å². The lowest BCUT2D eigenvalue weighted by Gasteiger charge is -2.31. The zero-order valence-corrected chi connectivity index (χ0v) is 20.1. The van der Waals surface area contributed by atoms with Gasteiger partial charge >= 0.3 is 6.09 Å². The van der Waals surface area contributed by atoms with E-state index >= 15 is 0 Å². The average Bonchev–Trinajstić information content (AvgIpc) is 2.58. The summed E-state index contributed by atoms with van der Waals surface area (Å²) in [5, 5.41) is 9.40. The van der Waals surface area contributed by atoms with E-state index in [0.29, 0.717) is 12.5 Å². The summed E-state index contributed by atoms with van der Waals surface area (Å²) in [5.41, 5.74) is -0.459. The van der Waals surface area contributed by atoms with Gasteiger partial charge in [0.05, 0.1) is 0 Å². The van der Waals surface area contributed by atoms with Crippen LogP contribution in [0.4, 0.5) is 4.79 Å². The highest BCUT2D eigenvalue weighted by molar-refractivity contribution is 14.0. The van der Waals surface area contributed by atoms with E-state index in [2.05, 4.69) is 34.7 Å². The lowest BCUT2D eigenvalue weighted by molar-refractivity contribution is 0.0527. The molecule has 1 aliphatic heterocycles. The quantitative estimate of drug-likeness (QED) is 0.208. The minimum Gasteiger partial charge on any atom is -0.444 e. The second-order valence-corrected chi connectivity index (χ2v) is 7.83. The molecule has 1 fully saturated rings. The number of likely N-dealkylation sites (tertiary alicyclic amines) is 1. The number of amides is 1. The molecule has 0 aromatic rings. The smallest absolute Gasteiger partial charge is 0.407 e. The summed E-state index contributed by atoms with van der Waals surface area (Å²) in [5.74, 6) is 1.51. The van der Waals surface area contributed by atoms with Crippen molar-refractivity contribution >= 4 is 36.0 Å². The van der Waals surface area contributed by atoms with E-state index in [-0.39, 0.29) is 30.1 Å². The first-order chi connectivity index (χ1) is 12.3. The van der Waals surface area contributed by atoms with Crippen LogP contribution in [0.15, 0.2) is 4.99 Å². The summed E-state index contributed by atoms with van der Waals surface area (Å²) in [6.07, 6.45) is 2.99. The Labute approximate surface area is 182 Å². The fourth-order valence-corrected chi connectivity index (χ4v) is 2.95. The molecule has 0 spiro atoms. The highest BCUT2D eigenvalue weighted by atomic mass is 127. The number of guanidine groups is 1. The minimum absolute atomic E-state index is 0. The Kier molecular flexibility index (Phi) is 13.9. The van der Waals surface area contributed by atoms with E-state index in [1.807, 2.05) is 20.8 Å². The van der Waals surface area contributed by atoms with Crippen molar-refractivity contribution in [2.75, 3.05) is 45.8 Å². The van der Waals surface area contributed by atoms with Gasteiger partial charge < -0.3 is 25.6 Å². The van der Waals surface area contributed by atoms with E-state index in [4.69, 9.17) is 9.73 Å². The van der Waals surface area contributed by atoms with Gasteiger partial charge in [0.15, 0.2) is 5.96 Å². The molecule has 1 heterocycles. The molecule has 0 radical (unpaired) electrons. The second-order valence-electron chi connectivity index (χ2n) is 7.83. The predicted molar refractivity (Wildman–Crippen MR) is 123 cm³/mol. The van der Waals surface area contributed by atoms with E-state index < -0.39 is 5.60 Å². The Morgan fingerprint density at radius 3 is 2.52 bits per heavy atom. The summed E-state index contributed by atoms with van der Waals surface area (Å²) in [6, 6.07) is 0. The van der Waals surface area contributed by atoms with E-state index in [1.165, 1.54) is 19.4 Å². The third kappa shape index (κ3) is 13.1. The molecule has 1 unspecified atom stereocenters. The summed E-state index contributed by atoms with van der Waals surface area (Å²) >= 11 is 0. The summed E-state index contributed by atoms with van der Waals surface area (Å²) < 4.78 is 5.22. The Bertz CT molecular complexity index is 440. The molecule has 1 aliphatic rings. The molecule has 0 aromatic carbocycles. The first-order valence-electron chi connectivity index (χ1n) is 10.1. The number of rotatable bonds is 8. The molecular formula is C19H40IN5O2. The minimum atomic E-state index is -0.459. The SMILES string of the molecule is CCNC(=NCC1CCCN(CC)C1)NCCCNC(=O)OC(C)(C)C.I. The number of nitrogens with zero attached hydrogens (tertiary/aromatic N) is 2. The van der Waals surface area contributed by atoms with E-state index in [9.17, 15) is 4.79 Å². The van der Waals surface area contributed by atoms with Gasteiger partial charge in [0, 0.05) is 32.7 Å². The third-order valence-electron chi connectivity index (χ3n) is 4.22. The molecule has 7 nitrogen and oxygen atoms in total. The lowest BCUT2D eigenvalue weighted by Crippen LogP contribution is -2.40. The number of piperidine rings is 1. The third-order valence-corrected chi connectivity index (χ3v) is 4.22. The fourth-order valence-electron chi connectivity index (χ4n) is 2.95. The normalized spacial score (nSPS) is 18.4. The monoisotopic (exact) mass is 497 g/mol. The second kappa shape index (κ2) is 14.3. The van der Waals surface area contributed by atoms with Gasteiger partial charge in [0.2, 0.25) is 0 Å². The molecular weight excluding hydrogens is 457 g/mol. The van der Waals surface area contributed by atoms with Gasteiger partial charge in [0.25, 0.3) is 0 Å². The van der Waals surface area contributed by atoms with Crippen molar-refractivity contribution in [3.8, 4) is 0 Å². The zero-order chi connectivity index (χ0) is 19.4. The predicted octanol–water partition coefficient (Wildman–Crippen LogP) is 2.81. The highest BCUT2D eigenvalue weighted by Gasteiger charge is 2.18. The molecule has 0 aliphatic carbocycles. The van der Waals surface area contributed by atoms with Gasteiger partial charge in [-0.05, 0) is 66.0 Å². The maximum absolute atomic E-state index is 11.6. The summed E-state index contributed by atoms with van der Waals surface area (Å²) in [6.45, 7) is 16.4. The van der Waals surface area contributed by atoms with Crippen LogP contribution >= 0.6 is 24.0 Å². The van der Waals surface area contributed by atoms with Gasteiger partial charge in [-0.25, -0.2) is 4.79 Å². The number of carbonyl (C=O) groups excluding carboxylic acids is 1. The number of hydrogen-bond donors (Lipinski definition) is 3. The van der Waals surface area contributed by atoms with Crippen LogP contribution in [-0.4, -0.2) is 68.4 Å². The number of carbonyl (C=O) groups is 1. The highest BCUT2D eigenvalue weighted by Crippen LogP contribution is 2.16. The van der Waals surface area contributed by atoms with Crippen molar-refractivity contribution < 1.29 is 9.53 Å². The first-order valence-corrected chi connectivity index (χ1v) is 10.1. The maximum Gasteiger partial charge on any atom is 0.407 e. The van der Waals surface area contributed by atoms with Crippen LogP contribution < -0.4 is 16.0 Å². The average molecular weight is 497 g/mol. The largest absolute Gasteiger partial charge is 0.444 e. The lowest BCUT2D eigenvalue weighted by atomic mass is 9.98. The Morgan fingerprint density at radius 1 is 1.19 bits per heavy atom. The van der Waals surface area contributed by atoms with Crippen molar-refractivity contribution in [1.82, 2.24) is 20.9 Å². The van der Waals surface area contributed by atoms with Crippen LogP contribution in [0.2, 0.25) is 0 Å². The molecule has 1 saturated heterocycles. The van der Waals surface area contributed by atoms with Crippen molar-refractivity contribution in [2.45, 2.75) is 59.5 Å². The maximum atomic E-state index is 11.6. The molecule has 0 saturated carbocycles. The summed E-state index contributed by atoms with van der Waals surface area (Å²) in [7, 11) is 0. The van der Waals surface area contributed by atoms with Crippen LogP contribution in [0.1, 0.15) is 53.9 Å². The standard InChI is InChI=1S/C19H39N5O2.HI/c1-6-20-17(23-14-16-10-8-13-24(7-2)15-16)21-11-9-12-22-18(25)26-19(3,4)5;/h16H,6-15H2,1-5H3,(H,22,25)(H2,20,21,23);1H. The number of halogens is 1. The number of hydrogen-bond acceptors (Lipinski definition) is 4. The Morgan fingerprint density at radius 2 is 1.89 bits per heavy atom. The van der Waals surface area contributed by atoms with Gasteiger partial charge in [-0.15, -0.1) is 24.0 Å². The van der Waals surface area contributed by atoms with Gasteiger partial charge in [-0.2, -0.15) is 0 Å². The molecule has 8 heteroatoms. The molecule has 160 valence electrons. The van der Waals surface area contributed by atoms with Crippen LogP contribution in [0.5, 0.6) is 0 Å². The molecule has 0 bridgehead atoms. The van der Waals surface area contributed by atoms with Crippen LogP contribution in [-0.2, 0) is 4.74 Å². The molecule has 3 N–H and O–H groups in total. The fraction of sp³-hybridized carbons (Fsp3) is 0.895. The van der Waals surface area contributed by atoms with Crippen molar-refractivity contribution in [2.24, 2.45) is 10.9 Å². The number of nitrogens with one attached hydrogen (secondary N) is 3. The van der Waals surface area contributed by atoms with Crippen LogP contribution in [0, 0.1) is 5.92 Å². The van der Waals surface area contributed by atoms with E-state index in [1.54, 1.807) is 0 Å². The molecule has 1 rings (SSSR count). The first kappa shape index (κ1) is 26.2. The van der Waals surface area contributed by atoms with Crippen LogP contribution in [0.25, 0.3) is 0 Å². The number of aliphatic imine (C=N–C) groups is 1.